The van der Waals surface area contributed by atoms with Crippen LogP contribution in [0.1, 0.15) is 291 Å². The zero-order valence-corrected chi connectivity index (χ0v) is 95.0. The van der Waals surface area contributed by atoms with Gasteiger partial charge < -0.3 is 23.7 Å². The molecule has 4 fully saturated rings. The number of ether oxygens (including phenoxy) is 5. The third-order valence-corrected chi connectivity index (χ3v) is 33.8. The lowest BCUT2D eigenvalue weighted by Gasteiger charge is -2.61. The quantitative estimate of drug-likeness (QED) is 0.00657. The Balaban J connectivity index is 0.000000287. The van der Waals surface area contributed by atoms with Gasteiger partial charge in [0.1, 0.15) is 89.9 Å². The number of Topliss-reactive ketones (excluding diaryl/α,β-unsaturated/α-hetero) is 5. The van der Waals surface area contributed by atoms with Crippen molar-refractivity contribution >= 4 is 109 Å². The van der Waals surface area contributed by atoms with Gasteiger partial charge in [0.25, 0.3) is 40.5 Å². The van der Waals surface area contributed by atoms with E-state index in [4.69, 9.17) is 40.4 Å². The molecule has 828 valence electrons. The van der Waals surface area contributed by atoms with Gasteiger partial charge in [0, 0.05) is 5.41 Å². The summed E-state index contributed by atoms with van der Waals surface area (Å²) in [6, 6.07) is 36.4. The molecule has 150 heavy (non-hydrogen) atoms. The molecule has 7 unspecified atom stereocenters. The number of rotatable bonds is 39. The van der Waals surface area contributed by atoms with Crippen LogP contribution in [0.15, 0.2) is 158 Å². The van der Waals surface area contributed by atoms with E-state index in [1.54, 1.807) is 109 Å². The molecule has 7 aromatic rings. The summed E-state index contributed by atoms with van der Waals surface area (Å²) in [7, 11) is -22.2. The number of halogens is 5. The lowest BCUT2D eigenvalue weighted by molar-refractivity contribution is -0.207. The number of hydrogen-bond acceptors (Lipinski definition) is 30. The fourth-order valence-corrected chi connectivity index (χ4v) is 22.0. The molecule has 0 saturated heterocycles. The van der Waals surface area contributed by atoms with E-state index in [-0.39, 0.29) is 36.8 Å². The van der Waals surface area contributed by atoms with Crippen LogP contribution in [0.25, 0.3) is 0 Å². The number of benzene rings is 7. The first-order valence-corrected chi connectivity index (χ1v) is 55.8. The van der Waals surface area contributed by atoms with Crippen LogP contribution in [0.2, 0.25) is 0 Å². The highest BCUT2D eigenvalue weighted by Crippen LogP contribution is 2.65. The maximum atomic E-state index is 13.9. The van der Waals surface area contributed by atoms with Crippen molar-refractivity contribution in [1.29, 1.82) is 0 Å². The third kappa shape index (κ3) is 32.3. The van der Waals surface area contributed by atoms with Gasteiger partial charge in [0.05, 0.1) is 47.7 Å². The van der Waals surface area contributed by atoms with Crippen LogP contribution < -0.4 is 0 Å². The first-order valence-electron chi connectivity index (χ1n) is 48.7. The van der Waals surface area contributed by atoms with Crippen molar-refractivity contribution in [3.63, 3.8) is 0 Å². The van der Waals surface area contributed by atoms with Gasteiger partial charge in [-0.1, -0.05) is 159 Å². The van der Waals surface area contributed by atoms with Crippen molar-refractivity contribution in [1.82, 2.24) is 0 Å². The summed E-state index contributed by atoms with van der Waals surface area (Å²) < 4.78 is 246. The summed E-state index contributed by atoms with van der Waals surface area (Å²) in [5.74, 6) is -18.0. The maximum absolute atomic E-state index is 13.9. The van der Waals surface area contributed by atoms with E-state index >= 15 is 0 Å². The van der Waals surface area contributed by atoms with Gasteiger partial charge >= 0.3 is 40.0 Å². The van der Waals surface area contributed by atoms with Gasteiger partial charge in [-0.3, -0.25) is 68.9 Å². The molecular formula is C110H143F5O30S5. The zero-order valence-electron chi connectivity index (χ0n) is 90.9. The van der Waals surface area contributed by atoms with Crippen LogP contribution in [-0.2, 0) is 150 Å². The molecule has 0 aliphatic heterocycles. The molecule has 30 nitrogen and oxygen atoms in total. The van der Waals surface area contributed by atoms with Gasteiger partial charge in [0.2, 0.25) is 5.82 Å². The number of esters is 5. The van der Waals surface area contributed by atoms with Crippen molar-refractivity contribution in [3.05, 3.63) is 218 Å². The fraction of sp³-hybridized carbons (Fsp3) is 0.527. The molecule has 0 N–H and O–H groups in total. The van der Waals surface area contributed by atoms with E-state index in [1.807, 2.05) is 106 Å². The highest BCUT2D eigenvalue weighted by atomic mass is 32.2. The Morgan fingerprint density at radius 3 is 0.807 bits per heavy atom. The average molecular weight is 2200 g/mol. The van der Waals surface area contributed by atoms with Crippen molar-refractivity contribution in [2.24, 2.45) is 50.2 Å². The second-order valence-corrected chi connectivity index (χ2v) is 51.1. The Morgan fingerprint density at radius 1 is 0.320 bits per heavy atom. The smallest absolute Gasteiger partial charge is 0.322 e. The fourth-order valence-electron chi connectivity index (χ4n) is 16.3. The van der Waals surface area contributed by atoms with Crippen LogP contribution in [0.3, 0.4) is 0 Å². The summed E-state index contributed by atoms with van der Waals surface area (Å²) >= 11 is 0. The molecule has 11 rings (SSSR count). The van der Waals surface area contributed by atoms with Crippen molar-refractivity contribution in [2.45, 2.75) is 318 Å². The van der Waals surface area contributed by atoms with Gasteiger partial charge in [-0.25, -0.2) is 22.0 Å². The minimum Gasteiger partial charge on any atom is -0.459 e. The number of carbonyl (C=O) groups excluding carboxylic acids is 10. The molecule has 40 heteroatoms. The molecule has 0 aromatic heterocycles. The molecular weight excluding hydrogens is 2060 g/mol. The van der Waals surface area contributed by atoms with Gasteiger partial charge in [-0.2, -0.15) is 42.1 Å². The van der Waals surface area contributed by atoms with Crippen molar-refractivity contribution < 1.29 is 157 Å². The molecule has 0 amide bonds. The zero-order chi connectivity index (χ0) is 114. The van der Waals surface area contributed by atoms with Crippen molar-refractivity contribution in [2.75, 3.05) is 33.0 Å². The SMILES string of the molecule is CC(=O)C(C)(COS(=O)(=O)c1c(F)c(F)c(F)c(F)c1F)C(=O)OC(C)c1ccc(C)cc1.CC(=O)C(C)(COS(=O)(=O)c1ccc(C)cc1)C(=O)OC(C)(C)C.CC(=O)C(C)(COS(=O)(=O)c1ccc(C)cc1)C(=O)OC(C)(C)C12CC3CC(CC(C3)C1)C2.CC(=O)C(C)(COS(=O)(=O)c1ccc(C)cc1)C(=O)OC(C)c1ccc(C)cc1.CCc1cc(C(C)C)cc(C(C)C)c1S(=O)(=O)OCC(C)(C(C)=O)C(=O)OC(C)(C)C. The summed E-state index contributed by atoms with van der Waals surface area (Å²) in [4.78, 5) is 123. The molecule has 4 saturated carbocycles. The van der Waals surface area contributed by atoms with E-state index in [0.29, 0.717) is 40.9 Å². The second-order valence-electron chi connectivity index (χ2n) is 43.1. The van der Waals surface area contributed by atoms with E-state index < -0.39 is 232 Å². The van der Waals surface area contributed by atoms with Crippen LogP contribution in [-0.4, -0.2) is 151 Å². The predicted octanol–water partition coefficient (Wildman–Crippen LogP) is 20.8. The number of carbonyl (C=O) groups is 10. The monoisotopic (exact) mass is 2200 g/mol. The first-order chi connectivity index (χ1) is 68.6. The van der Waals surface area contributed by atoms with Crippen molar-refractivity contribution in [3.8, 4) is 0 Å². The Bertz CT molecular complexity index is 6650. The molecule has 4 aliphatic carbocycles. The van der Waals surface area contributed by atoms with Crippen LogP contribution in [0.5, 0.6) is 0 Å². The Kier molecular flexibility index (Phi) is 42.8. The summed E-state index contributed by atoms with van der Waals surface area (Å²) in [6.07, 6.45) is 6.02. The summed E-state index contributed by atoms with van der Waals surface area (Å²) in [6.45, 7) is 44.7. The maximum Gasteiger partial charge on any atom is 0.322 e. The normalized spacial score (nSPS) is 18.1. The lowest BCUT2D eigenvalue weighted by atomic mass is 9.46. The summed E-state index contributed by atoms with van der Waals surface area (Å²) in [5.41, 5.74) is -3.22. The molecule has 0 radical (unpaired) electrons. The number of hydrogen-bond donors (Lipinski definition) is 0. The van der Waals surface area contributed by atoms with Gasteiger partial charge in [0.15, 0.2) is 28.2 Å². The predicted molar refractivity (Wildman–Crippen MR) is 547 cm³/mol. The molecule has 4 aliphatic rings. The van der Waals surface area contributed by atoms with E-state index in [0.717, 1.165) is 72.1 Å². The van der Waals surface area contributed by atoms with Crippen LogP contribution in [0.4, 0.5) is 22.0 Å². The molecule has 4 bridgehead atoms. The number of ketones is 5. The van der Waals surface area contributed by atoms with Gasteiger partial charge in [-0.15, -0.1) is 0 Å². The average Bonchev–Trinajstić information content (AvgIpc) is 0.718. The highest BCUT2D eigenvalue weighted by molar-refractivity contribution is 7.88. The third-order valence-electron chi connectivity index (χ3n) is 27.3. The number of aryl methyl sites for hydroxylation is 6. The largest absolute Gasteiger partial charge is 0.459 e. The minimum absolute atomic E-state index is 0.0127. The standard InChI is InChI=1S/C26H36O6S.C24H38O6S.C22H26O6S.C21H19F5O6S.C17H24O6S/c1-17-6-8-22(9-7-17)33(29,30)31-16-25(5,18(2)27)23(28)32-24(3,4)26-13-19-10-20(14-26)12-21(11-19)15-26;1-11-18-12-19(15(2)3)13-20(16(4)5)21(18)31(27,28)29-14-24(10,17(6)25)22(26)30-23(7,8)9;1-15-6-10-19(11-7-15)17(3)28-21(24)22(5,18(4)23)14-27-29(25,26)20-12-8-16(2)9-13-20;1-10-5-7-13(8-6-10)11(2)32-20(28)21(4,12(3)27)9-31-33(29,30)19-17(25)15(23)14(22)16(24)18(19)26;1-12-7-9-14(10-8-12)24(20,21)22-11-17(6,13(2)18)15(19)23-16(3,4)5/h6-9,19-21H,10-16H2,1-5H3;12-13,15-16H,11,14H2,1-10H3;6-13,17H,14H2,1-5H3;5-8,11H,9H2,1-4H3;7-10H,11H2,1-6H3. The molecule has 0 spiro atoms. The van der Waals surface area contributed by atoms with E-state index in [9.17, 15) is 112 Å². The van der Waals surface area contributed by atoms with E-state index in [1.165, 1.54) is 118 Å². The Morgan fingerprint density at radius 2 is 0.560 bits per heavy atom. The van der Waals surface area contributed by atoms with E-state index in [2.05, 4.69) is 18.0 Å². The highest BCUT2D eigenvalue weighted by Gasteiger charge is 2.61. The molecule has 7 atom stereocenters. The Labute approximate surface area is 879 Å². The second kappa shape index (κ2) is 50.1. The molecule has 7 aromatic carbocycles. The minimum atomic E-state index is -5.63. The first kappa shape index (κ1) is 128. The Hall–Kier alpha value is -10.6. The lowest BCUT2D eigenvalue weighted by Crippen LogP contribution is -2.58. The topological polar surface area (TPSA) is 434 Å². The van der Waals surface area contributed by atoms with Crippen LogP contribution >= 0.6 is 0 Å². The molecule has 0 heterocycles. The van der Waals surface area contributed by atoms with Gasteiger partial charge in [-0.05, 0) is 312 Å². The summed E-state index contributed by atoms with van der Waals surface area (Å²) in [5, 5.41) is 0. The van der Waals surface area contributed by atoms with Crippen LogP contribution in [0, 0.1) is 114 Å².